The number of rotatable bonds is 3. The quantitative estimate of drug-likeness (QED) is 0.808. The zero-order chi connectivity index (χ0) is 17.5. The highest BCUT2D eigenvalue weighted by molar-refractivity contribution is 5.48. The van der Waals surface area contributed by atoms with Gasteiger partial charge in [0.15, 0.2) is 0 Å². The average molecular weight is 324 g/mol. The summed E-state index contributed by atoms with van der Waals surface area (Å²) in [4.78, 5) is 0. The molecule has 0 unspecified atom stereocenters. The van der Waals surface area contributed by atoms with E-state index in [-0.39, 0.29) is 5.41 Å². The van der Waals surface area contributed by atoms with Crippen molar-refractivity contribution in [2.45, 2.75) is 64.9 Å². The molecule has 1 heterocycles. The molecule has 24 heavy (non-hydrogen) atoms. The van der Waals surface area contributed by atoms with Crippen molar-refractivity contribution in [3.8, 4) is 11.5 Å². The zero-order valence-corrected chi connectivity index (χ0v) is 15.4. The van der Waals surface area contributed by atoms with Gasteiger partial charge in [-0.15, -0.1) is 0 Å². The maximum absolute atomic E-state index is 10.6. The van der Waals surface area contributed by atoms with E-state index in [1.165, 1.54) is 11.1 Å². The Labute approximate surface area is 145 Å². The number of ether oxygens (including phenoxy) is 1. The van der Waals surface area contributed by atoms with Crippen molar-refractivity contribution < 1.29 is 9.84 Å². The van der Waals surface area contributed by atoms with E-state index >= 15 is 0 Å². The van der Waals surface area contributed by atoms with Crippen molar-refractivity contribution in [1.29, 1.82) is 0 Å². The minimum Gasteiger partial charge on any atom is -0.508 e. The van der Waals surface area contributed by atoms with Crippen LogP contribution in [-0.2, 0) is 23.9 Å². The predicted molar refractivity (Wildman–Crippen MR) is 98.9 cm³/mol. The largest absolute Gasteiger partial charge is 0.508 e. The predicted octanol–water partition coefficient (Wildman–Crippen LogP) is 5.49. The van der Waals surface area contributed by atoms with E-state index in [9.17, 15) is 5.11 Å². The SMILES string of the molecule is CCc1ccc([C@]2(C)CC(C)(C)c3ccc(CC)cc3O2)c(O)c1. The van der Waals surface area contributed by atoms with E-state index in [0.717, 1.165) is 36.1 Å². The fourth-order valence-electron chi connectivity index (χ4n) is 4.04. The standard InChI is InChI=1S/C22H28O2/c1-6-15-8-10-17(19(23)12-15)22(5)14-21(3,4)18-11-9-16(7-2)13-20(18)24-22/h8-13,23H,6-7,14H2,1-5H3/t22-/m0/s1. The average Bonchev–Trinajstić information content (AvgIpc) is 2.52. The molecular weight excluding hydrogens is 296 g/mol. The normalized spacial score (nSPS) is 21.9. The molecule has 3 rings (SSSR count). The minimum absolute atomic E-state index is 0.00945. The van der Waals surface area contributed by atoms with Crippen molar-refractivity contribution >= 4 is 0 Å². The summed E-state index contributed by atoms with van der Waals surface area (Å²) < 4.78 is 6.48. The van der Waals surface area contributed by atoms with Gasteiger partial charge in [-0.25, -0.2) is 0 Å². The van der Waals surface area contributed by atoms with Crippen LogP contribution in [0.4, 0.5) is 0 Å². The molecule has 0 aliphatic carbocycles. The number of fused-ring (bicyclic) bond motifs is 1. The van der Waals surface area contributed by atoms with Gasteiger partial charge in [0.05, 0.1) is 0 Å². The molecule has 2 aromatic carbocycles. The molecule has 0 bridgehead atoms. The summed E-state index contributed by atoms with van der Waals surface area (Å²) in [5.41, 5.74) is 4.01. The molecule has 0 radical (unpaired) electrons. The fourth-order valence-corrected chi connectivity index (χ4v) is 4.04. The second kappa shape index (κ2) is 5.84. The molecule has 0 fully saturated rings. The Kier molecular flexibility index (Phi) is 4.11. The van der Waals surface area contributed by atoms with Crippen LogP contribution in [0.3, 0.4) is 0 Å². The van der Waals surface area contributed by atoms with Crippen LogP contribution in [0.25, 0.3) is 0 Å². The molecule has 0 aromatic heterocycles. The monoisotopic (exact) mass is 324 g/mol. The van der Waals surface area contributed by atoms with Gasteiger partial charge in [-0.3, -0.25) is 0 Å². The molecule has 1 atom stereocenters. The third-order valence-corrected chi connectivity index (χ3v) is 5.34. The van der Waals surface area contributed by atoms with Gasteiger partial charge in [0.2, 0.25) is 0 Å². The summed E-state index contributed by atoms with van der Waals surface area (Å²) >= 11 is 0. The first-order chi connectivity index (χ1) is 11.3. The molecule has 2 aromatic rings. The Hall–Kier alpha value is -1.96. The van der Waals surface area contributed by atoms with Crippen LogP contribution in [0.5, 0.6) is 11.5 Å². The van der Waals surface area contributed by atoms with Gasteiger partial charge >= 0.3 is 0 Å². The summed E-state index contributed by atoms with van der Waals surface area (Å²) in [7, 11) is 0. The number of benzene rings is 2. The van der Waals surface area contributed by atoms with Gasteiger partial charge < -0.3 is 9.84 Å². The number of phenolic OH excluding ortho intramolecular Hbond substituents is 1. The van der Waals surface area contributed by atoms with E-state index in [4.69, 9.17) is 4.74 Å². The Morgan fingerprint density at radius 2 is 1.50 bits per heavy atom. The highest BCUT2D eigenvalue weighted by atomic mass is 16.5. The molecule has 1 aliphatic heterocycles. The molecule has 1 N–H and O–H groups in total. The maximum Gasteiger partial charge on any atom is 0.136 e. The smallest absolute Gasteiger partial charge is 0.136 e. The first-order valence-electron chi connectivity index (χ1n) is 8.94. The first kappa shape index (κ1) is 16.9. The Morgan fingerprint density at radius 3 is 2.08 bits per heavy atom. The highest BCUT2D eigenvalue weighted by Crippen LogP contribution is 2.50. The number of hydrogen-bond donors (Lipinski definition) is 1. The Morgan fingerprint density at radius 1 is 0.917 bits per heavy atom. The van der Waals surface area contributed by atoms with Crippen molar-refractivity contribution in [3.05, 3.63) is 58.7 Å². The number of hydrogen-bond acceptors (Lipinski definition) is 2. The Balaban J connectivity index is 2.09. The van der Waals surface area contributed by atoms with Crippen molar-refractivity contribution in [1.82, 2.24) is 0 Å². The van der Waals surface area contributed by atoms with Crippen LogP contribution >= 0.6 is 0 Å². The highest BCUT2D eigenvalue weighted by Gasteiger charge is 2.44. The lowest BCUT2D eigenvalue weighted by Gasteiger charge is -2.44. The lowest BCUT2D eigenvalue weighted by atomic mass is 9.70. The molecule has 0 amide bonds. The minimum atomic E-state index is -0.529. The lowest BCUT2D eigenvalue weighted by Crippen LogP contribution is -2.41. The molecule has 0 saturated heterocycles. The topological polar surface area (TPSA) is 29.5 Å². The first-order valence-corrected chi connectivity index (χ1v) is 8.94. The van der Waals surface area contributed by atoms with Gasteiger partial charge in [-0.2, -0.15) is 0 Å². The van der Waals surface area contributed by atoms with Crippen molar-refractivity contribution in [2.24, 2.45) is 0 Å². The van der Waals surface area contributed by atoms with Crippen molar-refractivity contribution in [2.75, 3.05) is 0 Å². The third kappa shape index (κ3) is 2.79. The van der Waals surface area contributed by atoms with Gasteiger partial charge in [0, 0.05) is 12.0 Å². The molecular formula is C22H28O2. The number of aromatic hydroxyl groups is 1. The molecule has 1 aliphatic rings. The molecule has 2 heteroatoms. The van der Waals surface area contributed by atoms with Crippen LogP contribution in [0.1, 0.15) is 63.3 Å². The van der Waals surface area contributed by atoms with E-state index in [2.05, 4.69) is 58.9 Å². The van der Waals surface area contributed by atoms with E-state index in [1.807, 2.05) is 12.1 Å². The zero-order valence-electron chi connectivity index (χ0n) is 15.4. The summed E-state index contributed by atoms with van der Waals surface area (Å²) in [5, 5.41) is 10.6. The van der Waals surface area contributed by atoms with Crippen LogP contribution in [0.2, 0.25) is 0 Å². The van der Waals surface area contributed by atoms with Crippen LogP contribution in [-0.4, -0.2) is 5.11 Å². The maximum atomic E-state index is 10.6. The van der Waals surface area contributed by atoms with Crippen LogP contribution in [0.15, 0.2) is 36.4 Å². The van der Waals surface area contributed by atoms with Gasteiger partial charge in [0.25, 0.3) is 0 Å². The molecule has 128 valence electrons. The number of aryl methyl sites for hydroxylation is 2. The second-order valence-electron chi connectivity index (χ2n) is 7.78. The van der Waals surface area contributed by atoms with Gasteiger partial charge in [-0.05, 0) is 54.0 Å². The van der Waals surface area contributed by atoms with Gasteiger partial charge in [0.1, 0.15) is 17.1 Å². The fraction of sp³-hybridized carbons (Fsp3) is 0.455. The Bertz CT molecular complexity index is 761. The van der Waals surface area contributed by atoms with E-state index in [1.54, 1.807) is 0 Å². The second-order valence-corrected chi connectivity index (χ2v) is 7.78. The van der Waals surface area contributed by atoms with Crippen molar-refractivity contribution in [3.63, 3.8) is 0 Å². The summed E-state index contributed by atoms with van der Waals surface area (Å²) in [6.07, 6.45) is 2.74. The van der Waals surface area contributed by atoms with E-state index < -0.39 is 5.60 Å². The molecule has 0 spiro atoms. The third-order valence-electron chi connectivity index (χ3n) is 5.34. The van der Waals surface area contributed by atoms with E-state index in [0.29, 0.717) is 5.75 Å². The summed E-state index contributed by atoms with van der Waals surface area (Å²) in [6, 6.07) is 12.5. The lowest BCUT2D eigenvalue weighted by molar-refractivity contribution is 0.0304. The molecule has 0 saturated carbocycles. The summed E-state index contributed by atoms with van der Waals surface area (Å²) in [6.45, 7) is 10.9. The van der Waals surface area contributed by atoms with Crippen LogP contribution in [0, 0.1) is 0 Å². The number of phenols is 1. The molecule has 2 nitrogen and oxygen atoms in total. The van der Waals surface area contributed by atoms with Gasteiger partial charge in [-0.1, -0.05) is 52.0 Å². The van der Waals surface area contributed by atoms with Crippen LogP contribution < -0.4 is 4.74 Å². The summed E-state index contributed by atoms with van der Waals surface area (Å²) in [5.74, 6) is 1.29.